The van der Waals surface area contributed by atoms with Crippen LogP contribution in [0.15, 0.2) is 21.3 Å². The predicted octanol–water partition coefficient (Wildman–Crippen LogP) is 1.35. The van der Waals surface area contributed by atoms with Crippen LogP contribution >= 0.6 is 0 Å². The quantitative estimate of drug-likeness (QED) is 0.644. The van der Waals surface area contributed by atoms with Crippen molar-refractivity contribution in [3.8, 4) is 5.75 Å². The molecule has 150 valence electrons. The minimum absolute atomic E-state index is 0.00373. The molecular weight excluding hydrogens is 370 g/mol. The number of aliphatic carboxylic acids is 2. The molecule has 0 saturated carbocycles. The maximum atomic E-state index is 12.4. The van der Waals surface area contributed by atoms with E-state index in [1.807, 2.05) is 0 Å². The van der Waals surface area contributed by atoms with Gasteiger partial charge < -0.3 is 24.3 Å². The van der Waals surface area contributed by atoms with E-state index in [1.165, 1.54) is 7.11 Å². The fourth-order valence-corrected chi connectivity index (χ4v) is 3.03. The van der Waals surface area contributed by atoms with Gasteiger partial charge in [-0.25, -0.2) is 4.79 Å². The van der Waals surface area contributed by atoms with Gasteiger partial charge in [-0.05, 0) is 38.0 Å². The van der Waals surface area contributed by atoms with Crippen LogP contribution in [0.1, 0.15) is 23.1 Å². The van der Waals surface area contributed by atoms with E-state index >= 15 is 0 Å². The van der Waals surface area contributed by atoms with Crippen LogP contribution in [0.5, 0.6) is 5.75 Å². The van der Waals surface area contributed by atoms with E-state index < -0.39 is 36.6 Å². The molecule has 28 heavy (non-hydrogen) atoms. The minimum Gasteiger partial charge on any atom is -0.496 e. The van der Waals surface area contributed by atoms with Gasteiger partial charge in [0.05, 0.1) is 7.11 Å². The fourth-order valence-electron chi connectivity index (χ4n) is 3.03. The van der Waals surface area contributed by atoms with Crippen molar-refractivity contribution >= 4 is 28.8 Å². The molecule has 2 N–H and O–H groups in total. The fraction of sp³-hybridized carbons (Fsp3) is 0.368. The summed E-state index contributed by atoms with van der Waals surface area (Å²) < 4.78 is 10.6. The highest BCUT2D eigenvalue weighted by Gasteiger charge is 2.21. The molecule has 2 aromatic rings. The Kier molecular flexibility index (Phi) is 6.40. The number of carbonyl (C=O) groups excluding carboxylic acids is 1. The highest BCUT2D eigenvalue weighted by molar-refractivity contribution is 5.87. The lowest BCUT2D eigenvalue weighted by Gasteiger charge is -2.18. The molecular formula is C19H21NO8. The molecule has 0 saturated heterocycles. The van der Waals surface area contributed by atoms with Crippen molar-refractivity contribution in [1.82, 2.24) is 4.90 Å². The topological polar surface area (TPSA) is 134 Å². The number of hydrogen-bond acceptors (Lipinski definition) is 6. The third-order valence-electron chi connectivity index (χ3n) is 4.47. The standard InChI is InChI=1S/C19H21NO8/c1-10-12-4-6-14(27-3)11(2)18(12)28-19(26)13(10)5-7-15(21)20(8-16(22)23)9-17(24)25/h4,6H,5,7-9H2,1-3H3,(H,22,23)(H,24,25). The molecule has 0 aliphatic carbocycles. The van der Waals surface area contributed by atoms with Gasteiger partial charge in [0.2, 0.25) is 5.91 Å². The number of benzene rings is 1. The SMILES string of the molecule is COc1ccc2c(C)c(CCC(=O)N(CC(=O)O)CC(=O)O)c(=O)oc2c1C. The van der Waals surface area contributed by atoms with E-state index in [9.17, 15) is 19.2 Å². The summed E-state index contributed by atoms with van der Waals surface area (Å²) in [6.07, 6.45) is -0.212. The molecule has 9 nitrogen and oxygen atoms in total. The van der Waals surface area contributed by atoms with Gasteiger partial charge in [0.25, 0.3) is 0 Å². The summed E-state index contributed by atoms with van der Waals surface area (Å²) in [5, 5.41) is 18.4. The van der Waals surface area contributed by atoms with Gasteiger partial charge in [0.15, 0.2) is 0 Å². The predicted molar refractivity (Wildman–Crippen MR) is 98.7 cm³/mol. The smallest absolute Gasteiger partial charge is 0.339 e. The van der Waals surface area contributed by atoms with Crippen LogP contribution in [0, 0.1) is 13.8 Å². The minimum atomic E-state index is -1.32. The van der Waals surface area contributed by atoms with Gasteiger partial charge in [-0.15, -0.1) is 0 Å². The zero-order valence-electron chi connectivity index (χ0n) is 15.8. The second-order valence-corrected chi connectivity index (χ2v) is 6.30. The Hall–Kier alpha value is -3.36. The van der Waals surface area contributed by atoms with Crippen LogP contribution in [-0.2, 0) is 20.8 Å². The van der Waals surface area contributed by atoms with Crippen molar-refractivity contribution in [3.63, 3.8) is 0 Å². The van der Waals surface area contributed by atoms with Crippen molar-refractivity contribution in [2.75, 3.05) is 20.2 Å². The first kappa shape index (κ1) is 20.9. The van der Waals surface area contributed by atoms with Crippen LogP contribution in [-0.4, -0.2) is 53.2 Å². The molecule has 0 radical (unpaired) electrons. The summed E-state index contributed by atoms with van der Waals surface area (Å²) in [5.74, 6) is -2.73. The van der Waals surface area contributed by atoms with Crippen molar-refractivity contribution < 1.29 is 33.8 Å². The Morgan fingerprint density at radius 3 is 2.21 bits per heavy atom. The molecule has 0 fully saturated rings. The largest absolute Gasteiger partial charge is 0.496 e. The van der Waals surface area contributed by atoms with Gasteiger partial charge in [-0.3, -0.25) is 14.4 Å². The van der Waals surface area contributed by atoms with E-state index in [1.54, 1.807) is 26.0 Å². The number of carbonyl (C=O) groups is 3. The summed E-state index contributed by atoms with van der Waals surface area (Å²) in [6, 6.07) is 3.51. The molecule has 0 aliphatic heterocycles. The summed E-state index contributed by atoms with van der Waals surface area (Å²) in [6.45, 7) is 2.05. The van der Waals surface area contributed by atoms with Gasteiger partial charge in [-0.2, -0.15) is 0 Å². The number of carboxylic acid groups (broad SMARTS) is 2. The molecule has 1 aromatic heterocycles. The van der Waals surface area contributed by atoms with Gasteiger partial charge >= 0.3 is 17.6 Å². The summed E-state index contributed by atoms with van der Waals surface area (Å²) in [4.78, 5) is 47.1. The van der Waals surface area contributed by atoms with Gasteiger partial charge in [0, 0.05) is 22.9 Å². The Bertz CT molecular complexity index is 976. The third-order valence-corrected chi connectivity index (χ3v) is 4.47. The Morgan fingerprint density at radius 2 is 1.68 bits per heavy atom. The molecule has 0 atom stereocenters. The summed E-state index contributed by atoms with van der Waals surface area (Å²) >= 11 is 0. The second-order valence-electron chi connectivity index (χ2n) is 6.30. The first-order chi connectivity index (χ1) is 13.1. The average molecular weight is 391 g/mol. The first-order valence-corrected chi connectivity index (χ1v) is 8.47. The van der Waals surface area contributed by atoms with E-state index in [-0.39, 0.29) is 18.4 Å². The maximum absolute atomic E-state index is 12.4. The molecule has 1 amide bonds. The number of amides is 1. The number of hydrogen-bond donors (Lipinski definition) is 2. The number of methoxy groups -OCH3 is 1. The normalized spacial score (nSPS) is 10.7. The molecule has 0 aliphatic rings. The maximum Gasteiger partial charge on any atom is 0.339 e. The highest BCUT2D eigenvalue weighted by atomic mass is 16.5. The summed E-state index contributed by atoms with van der Waals surface area (Å²) in [5.41, 5.74) is 1.41. The average Bonchev–Trinajstić information content (AvgIpc) is 2.61. The van der Waals surface area contributed by atoms with Crippen LogP contribution in [0.2, 0.25) is 0 Å². The van der Waals surface area contributed by atoms with E-state index in [2.05, 4.69) is 0 Å². The second kappa shape index (κ2) is 8.55. The lowest BCUT2D eigenvalue weighted by Crippen LogP contribution is -2.39. The van der Waals surface area contributed by atoms with Crippen molar-refractivity contribution in [3.05, 3.63) is 39.2 Å². The van der Waals surface area contributed by atoms with Crippen molar-refractivity contribution in [1.29, 1.82) is 0 Å². The number of ether oxygens (including phenoxy) is 1. The number of fused-ring (bicyclic) bond motifs is 1. The van der Waals surface area contributed by atoms with E-state index in [4.69, 9.17) is 19.4 Å². The van der Waals surface area contributed by atoms with Crippen LogP contribution < -0.4 is 10.4 Å². The van der Waals surface area contributed by atoms with Crippen LogP contribution in [0.25, 0.3) is 11.0 Å². The summed E-state index contributed by atoms with van der Waals surface area (Å²) in [7, 11) is 1.51. The zero-order chi connectivity index (χ0) is 21.0. The number of aryl methyl sites for hydroxylation is 2. The van der Waals surface area contributed by atoms with Crippen LogP contribution in [0.3, 0.4) is 0 Å². The van der Waals surface area contributed by atoms with E-state index in [0.717, 1.165) is 4.90 Å². The molecule has 0 bridgehead atoms. The molecule has 1 aromatic carbocycles. The first-order valence-electron chi connectivity index (χ1n) is 8.47. The zero-order valence-corrected chi connectivity index (χ0v) is 15.8. The van der Waals surface area contributed by atoms with Gasteiger partial charge in [0.1, 0.15) is 24.4 Å². The third kappa shape index (κ3) is 4.48. The number of nitrogens with zero attached hydrogens (tertiary/aromatic N) is 1. The lowest BCUT2D eigenvalue weighted by molar-refractivity contribution is -0.149. The molecule has 0 unspecified atom stereocenters. The highest BCUT2D eigenvalue weighted by Crippen LogP contribution is 2.29. The number of rotatable bonds is 8. The molecule has 1 heterocycles. The molecule has 9 heteroatoms. The van der Waals surface area contributed by atoms with Crippen LogP contribution in [0.4, 0.5) is 0 Å². The lowest BCUT2D eigenvalue weighted by atomic mass is 10.00. The Labute approximate surface area is 160 Å². The van der Waals surface area contributed by atoms with Crippen molar-refractivity contribution in [2.45, 2.75) is 26.7 Å². The Balaban J connectivity index is 2.31. The monoisotopic (exact) mass is 391 g/mol. The number of carboxylic acids is 2. The van der Waals surface area contributed by atoms with Crippen molar-refractivity contribution in [2.24, 2.45) is 0 Å². The molecule has 0 spiro atoms. The van der Waals surface area contributed by atoms with Gasteiger partial charge in [-0.1, -0.05) is 0 Å². The van der Waals surface area contributed by atoms with E-state index in [0.29, 0.717) is 27.8 Å². The Morgan fingerprint density at radius 1 is 1.07 bits per heavy atom. The molecule has 2 rings (SSSR count).